The van der Waals surface area contributed by atoms with Crippen LogP contribution in [0.3, 0.4) is 0 Å². The first kappa shape index (κ1) is 24.6. The highest BCUT2D eigenvalue weighted by Gasteiger charge is 2.26. The molecule has 33 heavy (non-hydrogen) atoms. The number of hydrogen-bond donors (Lipinski definition) is 1. The number of nitrogens with one attached hydrogen (secondary N) is 1. The molecule has 2 aromatic carbocycles. The second-order valence-electron chi connectivity index (χ2n) is 6.88. The summed E-state index contributed by atoms with van der Waals surface area (Å²) >= 11 is 5.89. The number of amides is 1. The highest BCUT2D eigenvalue weighted by molar-refractivity contribution is 7.89. The van der Waals surface area contributed by atoms with Crippen molar-refractivity contribution in [1.82, 2.24) is 24.5 Å². The number of halogens is 1. The lowest BCUT2D eigenvalue weighted by molar-refractivity contribution is -0.117. The summed E-state index contributed by atoms with van der Waals surface area (Å²) in [6, 6.07) is 11.4. The van der Waals surface area contributed by atoms with Gasteiger partial charge in [-0.2, -0.15) is 9.10 Å². The number of carbonyl (C=O) groups is 1. The van der Waals surface area contributed by atoms with E-state index in [9.17, 15) is 13.2 Å². The van der Waals surface area contributed by atoms with Gasteiger partial charge >= 0.3 is 0 Å². The van der Waals surface area contributed by atoms with Crippen LogP contribution in [0.4, 0.5) is 5.69 Å². The van der Waals surface area contributed by atoms with E-state index in [1.165, 1.54) is 16.4 Å². The predicted molar refractivity (Wildman–Crippen MR) is 125 cm³/mol. The summed E-state index contributed by atoms with van der Waals surface area (Å²) in [6.45, 7) is 6.02. The van der Waals surface area contributed by atoms with Crippen LogP contribution < -0.4 is 10.1 Å². The Morgan fingerprint density at radius 3 is 2.45 bits per heavy atom. The lowest BCUT2D eigenvalue weighted by Crippen LogP contribution is -2.31. The summed E-state index contributed by atoms with van der Waals surface area (Å²) in [5.41, 5.74) is 1.02. The van der Waals surface area contributed by atoms with Gasteiger partial charge in [0.2, 0.25) is 21.8 Å². The van der Waals surface area contributed by atoms with Crippen LogP contribution in [0.15, 0.2) is 47.4 Å². The average molecular weight is 493 g/mol. The summed E-state index contributed by atoms with van der Waals surface area (Å²) in [5, 5.41) is 15.3. The summed E-state index contributed by atoms with van der Waals surface area (Å²) < 4.78 is 33.0. The lowest BCUT2D eigenvalue weighted by atomic mass is 10.2. The first-order valence-electron chi connectivity index (χ1n) is 10.4. The van der Waals surface area contributed by atoms with E-state index in [0.717, 1.165) is 4.80 Å². The van der Waals surface area contributed by atoms with E-state index in [2.05, 4.69) is 20.7 Å². The van der Waals surface area contributed by atoms with Gasteiger partial charge in [-0.1, -0.05) is 25.4 Å². The molecule has 0 aliphatic carbocycles. The van der Waals surface area contributed by atoms with Gasteiger partial charge in [-0.25, -0.2) is 8.42 Å². The molecule has 3 aromatic rings. The first-order valence-corrected chi connectivity index (χ1v) is 12.2. The molecule has 0 aliphatic rings. The SMILES string of the molecule is CCOc1ccc(NC(=O)Cn2nnc(-c3ccc(Cl)cc3)n2)cc1S(=O)(=O)N(CC)CC. The maximum atomic E-state index is 13.1. The summed E-state index contributed by atoms with van der Waals surface area (Å²) in [4.78, 5) is 13.7. The molecule has 0 spiro atoms. The van der Waals surface area contributed by atoms with Crippen LogP contribution in [0.2, 0.25) is 5.02 Å². The molecule has 0 atom stereocenters. The molecule has 0 fully saturated rings. The number of hydrogen-bond acceptors (Lipinski definition) is 7. The highest BCUT2D eigenvalue weighted by atomic mass is 35.5. The van der Waals surface area contributed by atoms with Crippen molar-refractivity contribution in [3.63, 3.8) is 0 Å². The van der Waals surface area contributed by atoms with Gasteiger partial charge in [-0.3, -0.25) is 4.79 Å². The number of ether oxygens (including phenoxy) is 1. The van der Waals surface area contributed by atoms with Gasteiger partial charge in [0.25, 0.3) is 0 Å². The van der Waals surface area contributed by atoms with Crippen molar-refractivity contribution in [1.29, 1.82) is 0 Å². The normalized spacial score (nSPS) is 11.5. The third kappa shape index (κ3) is 5.86. The van der Waals surface area contributed by atoms with E-state index in [4.69, 9.17) is 16.3 Å². The van der Waals surface area contributed by atoms with Crippen molar-refractivity contribution in [2.75, 3.05) is 25.0 Å². The smallest absolute Gasteiger partial charge is 0.248 e. The minimum atomic E-state index is -3.79. The molecule has 0 saturated heterocycles. The molecule has 1 amide bonds. The van der Waals surface area contributed by atoms with Crippen molar-refractivity contribution in [2.45, 2.75) is 32.2 Å². The zero-order chi connectivity index (χ0) is 24.0. The molecule has 12 heteroatoms. The number of aromatic nitrogens is 4. The number of carbonyl (C=O) groups excluding carboxylic acids is 1. The average Bonchev–Trinajstić information content (AvgIpc) is 3.24. The molecule has 0 saturated carbocycles. The fraction of sp³-hybridized carbons (Fsp3) is 0.333. The number of anilines is 1. The lowest BCUT2D eigenvalue weighted by Gasteiger charge is -2.21. The molecule has 0 aliphatic heterocycles. The molecule has 1 aromatic heterocycles. The second-order valence-corrected chi connectivity index (χ2v) is 9.23. The largest absolute Gasteiger partial charge is 0.492 e. The number of tetrazole rings is 1. The van der Waals surface area contributed by atoms with Crippen LogP contribution in [-0.4, -0.2) is 58.5 Å². The van der Waals surface area contributed by atoms with E-state index in [-0.39, 0.29) is 17.2 Å². The number of nitrogens with zero attached hydrogens (tertiary/aromatic N) is 5. The highest BCUT2D eigenvalue weighted by Crippen LogP contribution is 2.30. The monoisotopic (exact) mass is 492 g/mol. The fourth-order valence-corrected chi connectivity index (χ4v) is 4.86. The predicted octanol–water partition coefficient (Wildman–Crippen LogP) is 3.06. The van der Waals surface area contributed by atoms with Gasteiger partial charge in [0.05, 0.1) is 6.61 Å². The summed E-state index contributed by atoms with van der Waals surface area (Å²) in [5.74, 6) is 0.145. The van der Waals surface area contributed by atoms with Crippen molar-refractivity contribution >= 4 is 33.2 Å². The van der Waals surface area contributed by atoms with Crippen molar-refractivity contribution in [3.05, 3.63) is 47.5 Å². The molecule has 1 N–H and O–H groups in total. The Kier molecular flexibility index (Phi) is 8.01. The molecular weight excluding hydrogens is 468 g/mol. The Balaban J connectivity index is 1.78. The molecular formula is C21H25ClN6O4S. The van der Waals surface area contributed by atoms with Gasteiger partial charge < -0.3 is 10.1 Å². The third-order valence-electron chi connectivity index (χ3n) is 4.69. The Bertz CT molecular complexity index is 1210. The Hall–Kier alpha value is -3.02. The molecule has 10 nitrogen and oxygen atoms in total. The second kappa shape index (κ2) is 10.7. The molecule has 176 valence electrons. The third-order valence-corrected chi connectivity index (χ3v) is 7.01. The maximum absolute atomic E-state index is 13.1. The topological polar surface area (TPSA) is 119 Å². The van der Waals surface area contributed by atoms with E-state index in [1.807, 2.05) is 0 Å². The van der Waals surface area contributed by atoms with Gasteiger partial charge in [-0.15, -0.1) is 10.2 Å². The van der Waals surface area contributed by atoms with Crippen LogP contribution in [0.5, 0.6) is 5.75 Å². The quantitative estimate of drug-likeness (QED) is 0.461. The van der Waals surface area contributed by atoms with Gasteiger partial charge in [0.1, 0.15) is 17.2 Å². The van der Waals surface area contributed by atoms with Gasteiger partial charge in [0, 0.05) is 29.4 Å². The Morgan fingerprint density at radius 1 is 1.12 bits per heavy atom. The maximum Gasteiger partial charge on any atom is 0.248 e. The van der Waals surface area contributed by atoms with E-state index >= 15 is 0 Å². The van der Waals surface area contributed by atoms with Crippen molar-refractivity contribution < 1.29 is 17.9 Å². The van der Waals surface area contributed by atoms with E-state index in [0.29, 0.717) is 41.8 Å². The summed E-state index contributed by atoms with van der Waals surface area (Å²) in [6.07, 6.45) is 0. The van der Waals surface area contributed by atoms with Crippen molar-refractivity contribution in [2.24, 2.45) is 0 Å². The molecule has 1 heterocycles. The Morgan fingerprint density at radius 2 is 1.82 bits per heavy atom. The molecule has 0 radical (unpaired) electrons. The van der Waals surface area contributed by atoms with E-state index < -0.39 is 15.9 Å². The van der Waals surface area contributed by atoms with Crippen LogP contribution in [0.25, 0.3) is 11.4 Å². The standard InChI is InChI=1S/C21H25ClN6O4S/c1-4-27(5-2)33(30,31)19-13-17(11-12-18(19)32-6-3)23-20(29)14-28-25-21(24-26-28)15-7-9-16(22)10-8-15/h7-13H,4-6,14H2,1-3H3,(H,23,29). The minimum Gasteiger partial charge on any atom is -0.492 e. The van der Waals surface area contributed by atoms with Crippen LogP contribution in [0.1, 0.15) is 20.8 Å². The first-order chi connectivity index (χ1) is 15.8. The van der Waals surface area contributed by atoms with E-state index in [1.54, 1.807) is 51.1 Å². The molecule has 0 bridgehead atoms. The van der Waals surface area contributed by atoms with Crippen LogP contribution in [0, 0.1) is 0 Å². The van der Waals surface area contributed by atoms with Gasteiger partial charge in [0.15, 0.2) is 0 Å². The van der Waals surface area contributed by atoms with Crippen molar-refractivity contribution in [3.8, 4) is 17.1 Å². The number of sulfonamides is 1. The van der Waals surface area contributed by atoms with Gasteiger partial charge in [-0.05, 0) is 54.6 Å². The molecule has 0 unspecified atom stereocenters. The summed E-state index contributed by atoms with van der Waals surface area (Å²) in [7, 11) is -3.79. The fourth-order valence-electron chi connectivity index (χ4n) is 3.12. The minimum absolute atomic E-state index is 0.00486. The Labute approximate surface area is 197 Å². The zero-order valence-electron chi connectivity index (χ0n) is 18.5. The van der Waals surface area contributed by atoms with Crippen LogP contribution >= 0.6 is 11.6 Å². The number of rotatable bonds is 10. The molecule has 3 rings (SSSR count). The van der Waals surface area contributed by atoms with Crippen LogP contribution in [-0.2, 0) is 21.4 Å². The zero-order valence-corrected chi connectivity index (χ0v) is 20.1. The number of benzene rings is 2.